The Bertz CT molecular complexity index is 478. The zero-order valence-electron chi connectivity index (χ0n) is 10.8. The van der Waals surface area contributed by atoms with Crippen LogP contribution < -0.4 is 0 Å². The number of benzene rings is 1. The predicted molar refractivity (Wildman–Crippen MR) is 71.1 cm³/mol. The van der Waals surface area contributed by atoms with Gasteiger partial charge in [0.2, 0.25) is 0 Å². The zero-order valence-corrected chi connectivity index (χ0v) is 10.8. The molecule has 1 aliphatic carbocycles. The molecule has 0 N–H and O–H groups in total. The summed E-state index contributed by atoms with van der Waals surface area (Å²) in [6.07, 6.45) is 4.10. The smallest absolute Gasteiger partial charge is 0.168 e. The largest absolute Gasteiger partial charge is 0.348 e. The van der Waals surface area contributed by atoms with E-state index in [2.05, 4.69) is 22.2 Å². The second-order valence-electron chi connectivity index (χ2n) is 5.16. The van der Waals surface area contributed by atoms with E-state index in [-0.39, 0.29) is 5.79 Å². The molecule has 1 aliphatic heterocycles. The molecule has 1 saturated carbocycles. The molecule has 0 bridgehead atoms. The monoisotopic (exact) mass is 259 g/mol. The summed E-state index contributed by atoms with van der Waals surface area (Å²) in [5.74, 6) is 0.264. The summed E-state index contributed by atoms with van der Waals surface area (Å²) in [5.41, 5.74) is 10.4. The predicted octanol–water partition coefficient (Wildman–Crippen LogP) is 4.03. The Morgan fingerprint density at radius 3 is 2.32 bits per heavy atom. The average molecular weight is 259 g/mol. The van der Waals surface area contributed by atoms with Crippen LogP contribution in [0.4, 0.5) is 5.69 Å². The number of nitrogens with zero attached hydrogens (tertiary/aromatic N) is 3. The minimum absolute atomic E-state index is 0.290. The van der Waals surface area contributed by atoms with Crippen LogP contribution in [0.1, 0.15) is 37.2 Å². The Balaban J connectivity index is 1.66. The van der Waals surface area contributed by atoms with Crippen molar-refractivity contribution in [2.75, 3.05) is 13.2 Å². The molecule has 1 heterocycles. The summed E-state index contributed by atoms with van der Waals surface area (Å²) in [6, 6.07) is 7.87. The van der Waals surface area contributed by atoms with Crippen LogP contribution in [0.15, 0.2) is 29.4 Å². The van der Waals surface area contributed by atoms with Crippen molar-refractivity contribution in [3.05, 3.63) is 40.3 Å². The molecule has 5 heteroatoms. The molecule has 0 atom stereocenters. The fraction of sp³-hybridized carbons (Fsp3) is 0.571. The maximum Gasteiger partial charge on any atom is 0.168 e. The molecule has 19 heavy (non-hydrogen) atoms. The first kappa shape index (κ1) is 12.5. The summed E-state index contributed by atoms with van der Waals surface area (Å²) in [5, 5.41) is 3.59. The Morgan fingerprint density at radius 2 is 1.74 bits per heavy atom. The van der Waals surface area contributed by atoms with Crippen LogP contribution in [-0.2, 0) is 9.47 Å². The minimum Gasteiger partial charge on any atom is -0.348 e. The molecule has 2 fully saturated rings. The summed E-state index contributed by atoms with van der Waals surface area (Å²) < 4.78 is 11.5. The quantitative estimate of drug-likeness (QED) is 0.457. The highest BCUT2D eigenvalue weighted by Gasteiger charge is 2.40. The molecule has 2 aliphatic rings. The maximum atomic E-state index is 8.39. The first-order valence-corrected chi connectivity index (χ1v) is 6.74. The van der Waals surface area contributed by atoms with Crippen LogP contribution in [0.3, 0.4) is 0 Å². The topological polar surface area (TPSA) is 67.2 Å². The molecule has 1 spiro atoms. The van der Waals surface area contributed by atoms with E-state index in [4.69, 9.17) is 15.0 Å². The van der Waals surface area contributed by atoms with Gasteiger partial charge in [-0.05, 0) is 29.9 Å². The molecule has 0 amide bonds. The van der Waals surface area contributed by atoms with E-state index < -0.39 is 0 Å². The van der Waals surface area contributed by atoms with Crippen molar-refractivity contribution in [3.8, 4) is 0 Å². The van der Waals surface area contributed by atoms with Gasteiger partial charge in [0.25, 0.3) is 0 Å². The van der Waals surface area contributed by atoms with E-state index in [1.807, 2.05) is 12.1 Å². The van der Waals surface area contributed by atoms with E-state index in [1.165, 1.54) is 5.56 Å². The van der Waals surface area contributed by atoms with Gasteiger partial charge in [0.15, 0.2) is 5.79 Å². The second-order valence-corrected chi connectivity index (χ2v) is 5.16. The highest BCUT2D eigenvalue weighted by molar-refractivity contribution is 5.39. The van der Waals surface area contributed by atoms with Gasteiger partial charge >= 0.3 is 0 Å². The molecule has 1 aromatic rings. The lowest BCUT2D eigenvalue weighted by atomic mass is 9.81. The first-order chi connectivity index (χ1) is 9.31. The van der Waals surface area contributed by atoms with Gasteiger partial charge in [0.05, 0.1) is 13.2 Å². The van der Waals surface area contributed by atoms with Gasteiger partial charge in [-0.2, -0.15) is 0 Å². The summed E-state index contributed by atoms with van der Waals surface area (Å²) in [7, 11) is 0. The molecule has 100 valence electrons. The van der Waals surface area contributed by atoms with Gasteiger partial charge in [-0.3, -0.25) is 0 Å². The lowest BCUT2D eigenvalue weighted by molar-refractivity contribution is -0.178. The van der Waals surface area contributed by atoms with Crippen molar-refractivity contribution in [1.29, 1.82) is 0 Å². The van der Waals surface area contributed by atoms with E-state index in [1.54, 1.807) is 0 Å². The van der Waals surface area contributed by atoms with E-state index >= 15 is 0 Å². The Labute approximate surface area is 112 Å². The van der Waals surface area contributed by atoms with Gasteiger partial charge in [-0.15, -0.1) is 0 Å². The fourth-order valence-electron chi connectivity index (χ4n) is 3.04. The molecule has 1 aromatic carbocycles. The number of azide groups is 1. The molecule has 3 rings (SSSR count). The number of hydrogen-bond donors (Lipinski definition) is 0. The fourth-order valence-corrected chi connectivity index (χ4v) is 3.04. The summed E-state index contributed by atoms with van der Waals surface area (Å²) in [6.45, 7) is 1.46. The van der Waals surface area contributed by atoms with Gasteiger partial charge in [0.1, 0.15) is 0 Å². The highest BCUT2D eigenvalue weighted by Crippen LogP contribution is 2.42. The third-order valence-electron chi connectivity index (χ3n) is 4.09. The Kier molecular flexibility index (Phi) is 3.42. The van der Waals surface area contributed by atoms with Crippen molar-refractivity contribution in [2.24, 2.45) is 5.11 Å². The summed E-state index contributed by atoms with van der Waals surface area (Å²) in [4.78, 5) is 2.79. The summed E-state index contributed by atoms with van der Waals surface area (Å²) >= 11 is 0. The average Bonchev–Trinajstić information content (AvgIpc) is 2.90. The number of ether oxygens (including phenoxy) is 2. The SMILES string of the molecule is [N-]=[N+]=Nc1ccc(C2CCC3(CC2)OCCO3)cc1. The first-order valence-electron chi connectivity index (χ1n) is 6.74. The molecule has 1 saturated heterocycles. The molecule has 0 aromatic heterocycles. The minimum atomic E-state index is -0.290. The third-order valence-corrected chi connectivity index (χ3v) is 4.09. The van der Waals surface area contributed by atoms with E-state index in [0.717, 1.165) is 38.9 Å². The van der Waals surface area contributed by atoms with Gasteiger partial charge in [0, 0.05) is 23.4 Å². The van der Waals surface area contributed by atoms with E-state index in [0.29, 0.717) is 11.6 Å². The normalized spacial score (nSPS) is 22.3. The van der Waals surface area contributed by atoms with Crippen molar-refractivity contribution in [3.63, 3.8) is 0 Å². The van der Waals surface area contributed by atoms with Crippen molar-refractivity contribution >= 4 is 5.69 Å². The lowest BCUT2D eigenvalue weighted by Gasteiger charge is -2.35. The Hall–Kier alpha value is -1.55. The molecule has 0 radical (unpaired) electrons. The van der Waals surface area contributed by atoms with Gasteiger partial charge < -0.3 is 9.47 Å². The van der Waals surface area contributed by atoms with Crippen LogP contribution in [0, 0.1) is 0 Å². The maximum absolute atomic E-state index is 8.39. The second kappa shape index (κ2) is 5.21. The third kappa shape index (κ3) is 2.59. The van der Waals surface area contributed by atoms with Gasteiger partial charge in [-0.1, -0.05) is 29.4 Å². The van der Waals surface area contributed by atoms with Crippen molar-refractivity contribution in [2.45, 2.75) is 37.4 Å². The molecule has 0 unspecified atom stereocenters. The van der Waals surface area contributed by atoms with Crippen LogP contribution in [0.5, 0.6) is 0 Å². The number of rotatable bonds is 2. The number of hydrogen-bond acceptors (Lipinski definition) is 3. The van der Waals surface area contributed by atoms with Gasteiger partial charge in [-0.25, -0.2) is 0 Å². The Morgan fingerprint density at radius 1 is 1.11 bits per heavy atom. The lowest BCUT2D eigenvalue weighted by Crippen LogP contribution is -2.34. The van der Waals surface area contributed by atoms with Crippen LogP contribution in [0.25, 0.3) is 10.4 Å². The molecule has 5 nitrogen and oxygen atoms in total. The van der Waals surface area contributed by atoms with Crippen LogP contribution >= 0.6 is 0 Å². The highest BCUT2D eigenvalue weighted by atomic mass is 16.7. The van der Waals surface area contributed by atoms with Crippen molar-refractivity contribution in [1.82, 2.24) is 0 Å². The van der Waals surface area contributed by atoms with Crippen molar-refractivity contribution < 1.29 is 9.47 Å². The van der Waals surface area contributed by atoms with E-state index in [9.17, 15) is 0 Å². The van der Waals surface area contributed by atoms with Crippen LogP contribution in [0.2, 0.25) is 0 Å². The standard InChI is InChI=1S/C14H17N3O2/c15-17-16-13-3-1-11(2-4-13)12-5-7-14(8-6-12)18-9-10-19-14/h1-4,12H,5-10H2. The van der Waals surface area contributed by atoms with Crippen LogP contribution in [-0.4, -0.2) is 19.0 Å². The molecular formula is C14H17N3O2. The zero-order chi connectivity index (χ0) is 13.1. The molecular weight excluding hydrogens is 242 g/mol.